The van der Waals surface area contributed by atoms with Gasteiger partial charge in [-0.05, 0) is 59.9 Å². The van der Waals surface area contributed by atoms with Crippen molar-refractivity contribution in [1.29, 1.82) is 0 Å². The molecule has 0 bridgehead atoms. The smallest absolute Gasteiger partial charge is 0.191 e. The Balaban J connectivity index is 1.99. The summed E-state index contributed by atoms with van der Waals surface area (Å²) in [6, 6.07) is 7.49. The summed E-state index contributed by atoms with van der Waals surface area (Å²) in [5, 5.41) is 10.8. The van der Waals surface area contributed by atoms with Crippen LogP contribution in [0.15, 0.2) is 44.9 Å². The molecule has 1 aromatic heterocycles. The Morgan fingerprint density at radius 1 is 1.20 bits per heavy atom. The molecule has 0 radical (unpaired) electrons. The Labute approximate surface area is 154 Å². The van der Waals surface area contributed by atoms with Gasteiger partial charge in [-0.1, -0.05) is 12.1 Å². The van der Waals surface area contributed by atoms with E-state index in [4.69, 9.17) is 0 Å². The van der Waals surface area contributed by atoms with Crippen molar-refractivity contribution in [3.8, 4) is 0 Å². The number of guanidine groups is 1. The molecular formula is C18H25N3O2S2. The molecule has 0 fully saturated rings. The number of thiophene rings is 1. The summed E-state index contributed by atoms with van der Waals surface area (Å²) < 4.78 is 23.4. The zero-order valence-electron chi connectivity index (χ0n) is 14.9. The second-order valence-electron chi connectivity index (χ2n) is 5.88. The molecular weight excluding hydrogens is 354 g/mol. The average molecular weight is 380 g/mol. The van der Waals surface area contributed by atoms with Gasteiger partial charge in [0.25, 0.3) is 0 Å². The van der Waals surface area contributed by atoms with Gasteiger partial charge in [0, 0.05) is 19.3 Å². The molecule has 2 N–H and O–H groups in total. The summed E-state index contributed by atoms with van der Waals surface area (Å²) in [6.45, 7) is 5.94. The molecule has 0 amide bonds. The lowest BCUT2D eigenvalue weighted by atomic mass is 10.1. The van der Waals surface area contributed by atoms with Crippen LogP contribution in [0.1, 0.15) is 23.6 Å². The Hall–Kier alpha value is -1.86. The maximum absolute atomic E-state index is 11.7. The second-order valence-corrected chi connectivity index (χ2v) is 8.64. The van der Waals surface area contributed by atoms with Crippen LogP contribution in [0.2, 0.25) is 0 Å². The zero-order valence-corrected chi connectivity index (χ0v) is 16.5. The maximum Gasteiger partial charge on any atom is 0.191 e. The number of benzene rings is 1. The van der Waals surface area contributed by atoms with E-state index in [0.29, 0.717) is 11.4 Å². The Kier molecular flexibility index (Phi) is 7.01. The summed E-state index contributed by atoms with van der Waals surface area (Å²) in [5.74, 6) is 0.766. The van der Waals surface area contributed by atoms with Crippen LogP contribution in [0.25, 0.3) is 0 Å². The molecule has 5 nitrogen and oxygen atoms in total. The minimum absolute atomic E-state index is 0.376. The number of nitrogens with one attached hydrogen (secondary N) is 2. The number of nitrogens with zero attached hydrogens (tertiary/aromatic N) is 1. The van der Waals surface area contributed by atoms with Crippen LogP contribution in [0.4, 0.5) is 0 Å². The van der Waals surface area contributed by atoms with Crippen molar-refractivity contribution >= 4 is 27.1 Å². The second kappa shape index (κ2) is 9.01. The zero-order chi connectivity index (χ0) is 18.3. The number of aliphatic imine (C=N–C) groups is 1. The van der Waals surface area contributed by atoms with Gasteiger partial charge in [-0.2, -0.15) is 11.3 Å². The number of hydrogen-bond donors (Lipinski definition) is 2. The van der Waals surface area contributed by atoms with E-state index in [0.717, 1.165) is 36.6 Å². The molecule has 0 spiro atoms. The molecule has 1 aromatic carbocycles. The maximum atomic E-state index is 11.7. The molecule has 1 heterocycles. The van der Waals surface area contributed by atoms with E-state index in [1.807, 2.05) is 26.0 Å². The number of hydrogen-bond acceptors (Lipinski definition) is 4. The van der Waals surface area contributed by atoms with Gasteiger partial charge in [-0.15, -0.1) is 0 Å². The first kappa shape index (κ1) is 19.5. The number of rotatable bonds is 7. The fourth-order valence-corrected chi connectivity index (χ4v) is 4.16. The van der Waals surface area contributed by atoms with Crippen LogP contribution < -0.4 is 10.6 Å². The molecule has 0 saturated heterocycles. The SMILES string of the molecule is CCNC(=NCc1ccc(S(C)(=O)=O)c(C)c1)NCCc1ccsc1. The molecule has 136 valence electrons. The van der Waals surface area contributed by atoms with Crippen molar-refractivity contribution in [1.82, 2.24) is 10.6 Å². The highest BCUT2D eigenvalue weighted by Gasteiger charge is 2.10. The highest BCUT2D eigenvalue weighted by molar-refractivity contribution is 7.90. The van der Waals surface area contributed by atoms with E-state index in [1.165, 1.54) is 11.8 Å². The van der Waals surface area contributed by atoms with Gasteiger partial charge >= 0.3 is 0 Å². The minimum atomic E-state index is -3.18. The average Bonchev–Trinajstić information content (AvgIpc) is 3.04. The van der Waals surface area contributed by atoms with Gasteiger partial charge in [0.1, 0.15) is 0 Å². The van der Waals surface area contributed by atoms with E-state index in [-0.39, 0.29) is 0 Å². The normalized spacial score (nSPS) is 12.2. The number of sulfone groups is 1. The molecule has 0 aliphatic carbocycles. The highest BCUT2D eigenvalue weighted by Crippen LogP contribution is 2.17. The van der Waals surface area contributed by atoms with Gasteiger partial charge in [0.15, 0.2) is 15.8 Å². The fourth-order valence-electron chi connectivity index (χ4n) is 2.50. The summed E-state index contributed by atoms with van der Waals surface area (Å²) in [7, 11) is -3.18. The molecule has 0 unspecified atom stereocenters. The summed E-state index contributed by atoms with van der Waals surface area (Å²) in [5.41, 5.74) is 3.06. The predicted octanol–water partition coefficient (Wildman–Crippen LogP) is 2.76. The molecule has 0 saturated carbocycles. The van der Waals surface area contributed by atoms with E-state index in [9.17, 15) is 8.42 Å². The van der Waals surface area contributed by atoms with Gasteiger partial charge in [0.05, 0.1) is 11.4 Å². The van der Waals surface area contributed by atoms with Crippen LogP contribution in [-0.2, 0) is 22.8 Å². The van der Waals surface area contributed by atoms with Crippen LogP contribution in [-0.4, -0.2) is 33.7 Å². The van der Waals surface area contributed by atoms with Crippen molar-refractivity contribution in [2.24, 2.45) is 4.99 Å². The third-order valence-corrected chi connectivity index (χ3v) is 5.68. The summed E-state index contributed by atoms with van der Waals surface area (Å²) >= 11 is 1.70. The highest BCUT2D eigenvalue weighted by atomic mass is 32.2. The third kappa shape index (κ3) is 6.17. The van der Waals surface area contributed by atoms with Crippen LogP contribution >= 0.6 is 11.3 Å². The van der Waals surface area contributed by atoms with Gasteiger partial charge in [-0.25, -0.2) is 13.4 Å². The minimum Gasteiger partial charge on any atom is -0.357 e. The Morgan fingerprint density at radius 2 is 2.00 bits per heavy atom. The monoisotopic (exact) mass is 379 g/mol. The first-order chi connectivity index (χ1) is 11.9. The van der Waals surface area contributed by atoms with Crippen molar-refractivity contribution in [3.63, 3.8) is 0 Å². The predicted molar refractivity (Wildman–Crippen MR) is 105 cm³/mol. The lowest BCUT2D eigenvalue weighted by Gasteiger charge is -2.11. The molecule has 0 aliphatic heterocycles. The van der Waals surface area contributed by atoms with E-state index >= 15 is 0 Å². The van der Waals surface area contributed by atoms with Gasteiger partial charge in [-0.3, -0.25) is 0 Å². The van der Waals surface area contributed by atoms with E-state index < -0.39 is 9.84 Å². The van der Waals surface area contributed by atoms with Crippen LogP contribution in [0, 0.1) is 6.92 Å². The van der Waals surface area contributed by atoms with E-state index in [1.54, 1.807) is 17.4 Å². The summed E-state index contributed by atoms with van der Waals surface area (Å²) in [6.07, 6.45) is 2.18. The van der Waals surface area contributed by atoms with Crippen molar-refractivity contribution < 1.29 is 8.42 Å². The lowest BCUT2D eigenvalue weighted by Crippen LogP contribution is -2.38. The van der Waals surface area contributed by atoms with Crippen molar-refractivity contribution in [2.45, 2.75) is 31.7 Å². The van der Waals surface area contributed by atoms with Crippen LogP contribution in [0.3, 0.4) is 0 Å². The quantitative estimate of drug-likeness (QED) is 0.573. The van der Waals surface area contributed by atoms with Gasteiger partial charge < -0.3 is 10.6 Å². The van der Waals surface area contributed by atoms with Crippen LogP contribution in [0.5, 0.6) is 0 Å². The van der Waals surface area contributed by atoms with Crippen molar-refractivity contribution in [2.75, 3.05) is 19.3 Å². The first-order valence-corrected chi connectivity index (χ1v) is 11.1. The summed E-state index contributed by atoms with van der Waals surface area (Å²) in [4.78, 5) is 4.96. The largest absolute Gasteiger partial charge is 0.357 e. The molecule has 2 rings (SSSR count). The standard InChI is InChI=1S/C18H25N3O2S2/c1-4-19-18(20-9-7-15-8-10-24-13-15)21-12-16-5-6-17(14(2)11-16)25(3,22)23/h5-6,8,10-11,13H,4,7,9,12H2,1-3H3,(H2,19,20,21). The third-order valence-electron chi connectivity index (χ3n) is 3.69. The molecule has 0 aliphatic rings. The lowest BCUT2D eigenvalue weighted by molar-refractivity contribution is 0.601. The van der Waals surface area contributed by atoms with Crippen molar-refractivity contribution in [3.05, 3.63) is 51.7 Å². The van der Waals surface area contributed by atoms with E-state index in [2.05, 4.69) is 32.5 Å². The number of aryl methyl sites for hydroxylation is 1. The topological polar surface area (TPSA) is 70.6 Å². The first-order valence-electron chi connectivity index (χ1n) is 8.23. The molecule has 25 heavy (non-hydrogen) atoms. The molecule has 7 heteroatoms. The fraction of sp³-hybridized carbons (Fsp3) is 0.389. The van der Waals surface area contributed by atoms with Gasteiger partial charge in [0.2, 0.25) is 0 Å². The Bertz CT molecular complexity index is 813. The molecule has 0 atom stereocenters. The molecule has 2 aromatic rings. The Morgan fingerprint density at radius 3 is 2.60 bits per heavy atom.